The normalized spacial score (nSPS) is 12.0. The van der Waals surface area contributed by atoms with Gasteiger partial charge in [0.2, 0.25) is 15.9 Å². The number of sulfonamides is 1. The summed E-state index contributed by atoms with van der Waals surface area (Å²) in [7, 11) is -3.69. The standard InChI is InChI=1S/C21H28ClN3O3S/c1-3-21(4-2,17-7-9-18(22)10-8-17)25-15-20(26)24-14-13-16-5-11-19(12-6-16)29(23,27)28/h5-12,25H,3-4,13-15H2,1-2H3,(H,24,26)(H2,23,27,28). The minimum absolute atomic E-state index is 0.0761. The highest BCUT2D eigenvalue weighted by Gasteiger charge is 2.28. The van der Waals surface area contributed by atoms with Crippen LogP contribution in [0.25, 0.3) is 0 Å². The largest absolute Gasteiger partial charge is 0.355 e. The Balaban J connectivity index is 1.87. The molecule has 158 valence electrons. The van der Waals surface area contributed by atoms with E-state index in [1.807, 2.05) is 24.3 Å². The smallest absolute Gasteiger partial charge is 0.238 e. The predicted molar refractivity (Wildman–Crippen MR) is 116 cm³/mol. The molecule has 0 aromatic heterocycles. The first-order valence-electron chi connectivity index (χ1n) is 9.59. The van der Waals surface area contributed by atoms with E-state index in [2.05, 4.69) is 24.5 Å². The first kappa shape index (κ1) is 23.3. The third kappa shape index (κ3) is 6.54. The fourth-order valence-corrected chi connectivity index (χ4v) is 3.92. The lowest BCUT2D eigenvalue weighted by molar-refractivity contribution is -0.120. The first-order chi connectivity index (χ1) is 13.7. The van der Waals surface area contributed by atoms with Crippen LogP contribution in [0.5, 0.6) is 0 Å². The monoisotopic (exact) mass is 437 g/mol. The predicted octanol–water partition coefficient (Wildman–Crippen LogP) is 2.95. The van der Waals surface area contributed by atoms with Crippen LogP contribution >= 0.6 is 11.6 Å². The van der Waals surface area contributed by atoms with E-state index in [1.165, 1.54) is 12.1 Å². The SMILES string of the molecule is CCC(CC)(NCC(=O)NCCc1ccc(S(N)(=O)=O)cc1)c1ccc(Cl)cc1. The molecule has 1 amide bonds. The van der Waals surface area contributed by atoms with Gasteiger partial charge in [-0.1, -0.05) is 49.7 Å². The van der Waals surface area contributed by atoms with Gasteiger partial charge in [-0.25, -0.2) is 13.6 Å². The maximum absolute atomic E-state index is 12.3. The molecule has 0 radical (unpaired) electrons. The molecule has 0 spiro atoms. The summed E-state index contributed by atoms with van der Waals surface area (Å²) in [6.45, 7) is 4.85. The second-order valence-electron chi connectivity index (χ2n) is 6.94. The van der Waals surface area contributed by atoms with E-state index in [0.29, 0.717) is 18.0 Å². The van der Waals surface area contributed by atoms with Crippen LogP contribution in [0.15, 0.2) is 53.4 Å². The molecular weight excluding hydrogens is 410 g/mol. The number of halogens is 1. The van der Waals surface area contributed by atoms with Gasteiger partial charge in [0.1, 0.15) is 0 Å². The van der Waals surface area contributed by atoms with Crippen molar-refractivity contribution in [1.82, 2.24) is 10.6 Å². The van der Waals surface area contributed by atoms with Crippen LogP contribution in [0.1, 0.15) is 37.8 Å². The lowest BCUT2D eigenvalue weighted by Crippen LogP contribution is -2.46. The van der Waals surface area contributed by atoms with Crippen LogP contribution in [-0.2, 0) is 26.8 Å². The second kappa shape index (κ2) is 10.2. The van der Waals surface area contributed by atoms with Gasteiger partial charge in [0.15, 0.2) is 0 Å². The number of primary sulfonamides is 1. The van der Waals surface area contributed by atoms with Gasteiger partial charge in [0.25, 0.3) is 0 Å². The first-order valence-corrected chi connectivity index (χ1v) is 11.5. The molecule has 2 aromatic carbocycles. The minimum Gasteiger partial charge on any atom is -0.355 e. The van der Waals surface area contributed by atoms with Gasteiger partial charge in [-0.3, -0.25) is 10.1 Å². The number of benzene rings is 2. The van der Waals surface area contributed by atoms with Gasteiger partial charge in [0, 0.05) is 17.1 Å². The van der Waals surface area contributed by atoms with E-state index >= 15 is 0 Å². The Hall–Kier alpha value is -1.93. The molecule has 8 heteroatoms. The Morgan fingerprint density at radius 2 is 1.62 bits per heavy atom. The third-order valence-electron chi connectivity index (χ3n) is 5.18. The lowest BCUT2D eigenvalue weighted by atomic mass is 9.84. The van der Waals surface area contributed by atoms with E-state index in [1.54, 1.807) is 12.1 Å². The van der Waals surface area contributed by atoms with Gasteiger partial charge in [-0.05, 0) is 54.7 Å². The summed E-state index contributed by atoms with van der Waals surface area (Å²) >= 11 is 5.99. The summed E-state index contributed by atoms with van der Waals surface area (Å²) in [6.07, 6.45) is 2.28. The summed E-state index contributed by atoms with van der Waals surface area (Å²) in [5.41, 5.74) is 1.74. The Morgan fingerprint density at radius 3 is 2.14 bits per heavy atom. The van der Waals surface area contributed by atoms with E-state index in [0.717, 1.165) is 24.0 Å². The molecule has 0 unspecified atom stereocenters. The zero-order valence-corrected chi connectivity index (χ0v) is 18.3. The van der Waals surface area contributed by atoms with Crippen LogP contribution in [0.2, 0.25) is 5.02 Å². The Labute approximate surface area is 177 Å². The summed E-state index contributed by atoms with van der Waals surface area (Å²) in [5.74, 6) is -0.0913. The van der Waals surface area contributed by atoms with Gasteiger partial charge in [-0.2, -0.15) is 0 Å². The van der Waals surface area contributed by atoms with E-state index in [4.69, 9.17) is 16.7 Å². The van der Waals surface area contributed by atoms with Crippen molar-refractivity contribution in [3.8, 4) is 0 Å². The highest BCUT2D eigenvalue weighted by molar-refractivity contribution is 7.89. The van der Waals surface area contributed by atoms with Crippen molar-refractivity contribution in [3.63, 3.8) is 0 Å². The number of hydrogen-bond donors (Lipinski definition) is 3. The van der Waals surface area contributed by atoms with Crippen molar-refractivity contribution in [2.75, 3.05) is 13.1 Å². The molecule has 0 aliphatic rings. The Bertz CT molecular complexity index is 909. The molecule has 0 aliphatic heterocycles. The molecule has 4 N–H and O–H groups in total. The number of amides is 1. The van der Waals surface area contributed by atoms with Crippen molar-refractivity contribution in [2.45, 2.75) is 43.5 Å². The molecule has 6 nitrogen and oxygen atoms in total. The van der Waals surface area contributed by atoms with E-state index in [9.17, 15) is 13.2 Å². The summed E-state index contributed by atoms with van der Waals surface area (Å²) in [4.78, 5) is 12.4. The van der Waals surface area contributed by atoms with Crippen LogP contribution in [-0.4, -0.2) is 27.4 Å². The van der Waals surface area contributed by atoms with Crippen molar-refractivity contribution < 1.29 is 13.2 Å². The van der Waals surface area contributed by atoms with Crippen LogP contribution < -0.4 is 15.8 Å². The van der Waals surface area contributed by atoms with Gasteiger partial charge >= 0.3 is 0 Å². The molecule has 0 heterocycles. The number of nitrogens with two attached hydrogens (primary N) is 1. The molecule has 0 aliphatic carbocycles. The molecule has 29 heavy (non-hydrogen) atoms. The van der Waals surface area contributed by atoms with Crippen molar-refractivity contribution in [3.05, 3.63) is 64.7 Å². The fraction of sp³-hybridized carbons (Fsp3) is 0.381. The van der Waals surface area contributed by atoms with Crippen molar-refractivity contribution in [2.24, 2.45) is 5.14 Å². The number of nitrogens with one attached hydrogen (secondary N) is 2. The molecule has 0 atom stereocenters. The quantitative estimate of drug-likeness (QED) is 0.531. The molecule has 0 bridgehead atoms. The average Bonchev–Trinajstić information content (AvgIpc) is 2.70. The Kier molecular flexibility index (Phi) is 8.22. The highest BCUT2D eigenvalue weighted by Crippen LogP contribution is 2.29. The molecule has 0 fully saturated rings. The number of hydrogen-bond acceptors (Lipinski definition) is 4. The Morgan fingerprint density at radius 1 is 1.03 bits per heavy atom. The lowest BCUT2D eigenvalue weighted by Gasteiger charge is -2.33. The summed E-state index contributed by atoms with van der Waals surface area (Å²) in [6, 6.07) is 14.0. The van der Waals surface area contributed by atoms with E-state index < -0.39 is 10.0 Å². The van der Waals surface area contributed by atoms with Gasteiger partial charge in [0.05, 0.1) is 11.4 Å². The van der Waals surface area contributed by atoms with E-state index in [-0.39, 0.29) is 22.9 Å². The summed E-state index contributed by atoms with van der Waals surface area (Å²) in [5, 5.41) is 12.1. The minimum atomic E-state index is -3.69. The fourth-order valence-electron chi connectivity index (χ4n) is 3.28. The maximum Gasteiger partial charge on any atom is 0.238 e. The average molecular weight is 438 g/mol. The zero-order valence-electron chi connectivity index (χ0n) is 16.7. The van der Waals surface area contributed by atoms with Crippen LogP contribution in [0.4, 0.5) is 0 Å². The van der Waals surface area contributed by atoms with Crippen molar-refractivity contribution >= 4 is 27.5 Å². The number of carbonyl (C=O) groups is 1. The molecule has 2 aromatic rings. The third-order valence-corrected chi connectivity index (χ3v) is 6.36. The number of rotatable bonds is 10. The van der Waals surface area contributed by atoms with Gasteiger partial charge in [-0.15, -0.1) is 0 Å². The molecule has 0 saturated carbocycles. The molecule has 2 rings (SSSR count). The second-order valence-corrected chi connectivity index (χ2v) is 8.94. The maximum atomic E-state index is 12.3. The molecular formula is C21H28ClN3O3S. The van der Waals surface area contributed by atoms with Gasteiger partial charge < -0.3 is 5.32 Å². The van der Waals surface area contributed by atoms with Crippen molar-refractivity contribution in [1.29, 1.82) is 0 Å². The molecule has 0 saturated heterocycles. The highest BCUT2D eigenvalue weighted by atomic mass is 35.5. The topological polar surface area (TPSA) is 101 Å². The summed E-state index contributed by atoms with van der Waals surface area (Å²) < 4.78 is 22.6. The van der Waals surface area contributed by atoms with Crippen LogP contribution in [0.3, 0.4) is 0 Å². The zero-order chi connectivity index (χ0) is 21.5. The number of carbonyl (C=O) groups excluding carboxylic acids is 1. The van der Waals surface area contributed by atoms with Crippen LogP contribution in [0, 0.1) is 0 Å².